The molecule has 1 fully saturated rings. The summed E-state index contributed by atoms with van der Waals surface area (Å²) in [6.45, 7) is 7.51. The Hall–Kier alpha value is -1.10. The van der Waals surface area contributed by atoms with Crippen molar-refractivity contribution in [3.05, 3.63) is 0 Å². The minimum absolute atomic E-state index is 0.112. The van der Waals surface area contributed by atoms with Gasteiger partial charge in [-0.25, -0.2) is 0 Å². The van der Waals surface area contributed by atoms with E-state index in [2.05, 4.69) is 24.1 Å². The first kappa shape index (κ1) is 13.0. The van der Waals surface area contributed by atoms with E-state index < -0.39 is 11.9 Å². The van der Waals surface area contributed by atoms with Crippen LogP contribution in [-0.4, -0.2) is 48.1 Å². The van der Waals surface area contributed by atoms with Crippen LogP contribution in [0, 0.1) is 11.8 Å². The maximum atomic E-state index is 11.5. The van der Waals surface area contributed by atoms with E-state index in [9.17, 15) is 9.59 Å². The molecule has 0 aromatic carbocycles. The summed E-state index contributed by atoms with van der Waals surface area (Å²) in [4.78, 5) is 24.3. The molecular formula is C11H20N2O3. The Morgan fingerprint density at radius 1 is 1.31 bits per heavy atom. The molecule has 1 aliphatic rings. The van der Waals surface area contributed by atoms with Crippen LogP contribution in [0.3, 0.4) is 0 Å². The highest BCUT2D eigenvalue weighted by Gasteiger charge is 2.48. The predicted octanol–water partition coefficient (Wildman–Crippen LogP) is 0.165. The molecule has 5 nitrogen and oxygen atoms in total. The summed E-state index contributed by atoms with van der Waals surface area (Å²) < 4.78 is 0. The lowest BCUT2D eigenvalue weighted by atomic mass is 10.3. The van der Waals surface area contributed by atoms with Crippen LogP contribution in [0.25, 0.3) is 0 Å². The van der Waals surface area contributed by atoms with Crippen LogP contribution < -0.4 is 5.32 Å². The van der Waals surface area contributed by atoms with Crippen LogP contribution in [0.5, 0.6) is 0 Å². The van der Waals surface area contributed by atoms with Gasteiger partial charge in [0.25, 0.3) is 0 Å². The summed E-state index contributed by atoms with van der Waals surface area (Å²) in [5.41, 5.74) is 0. The second-order valence-electron chi connectivity index (χ2n) is 4.10. The van der Waals surface area contributed by atoms with E-state index in [1.165, 1.54) is 0 Å². The number of hydrogen-bond acceptors (Lipinski definition) is 3. The number of amides is 1. The molecule has 0 radical (unpaired) electrons. The molecule has 5 heteroatoms. The molecule has 16 heavy (non-hydrogen) atoms. The Balaban J connectivity index is 2.15. The van der Waals surface area contributed by atoms with E-state index in [1.54, 1.807) is 0 Å². The molecule has 0 spiro atoms. The van der Waals surface area contributed by atoms with E-state index >= 15 is 0 Å². The number of carboxylic acid groups (broad SMARTS) is 1. The van der Waals surface area contributed by atoms with Gasteiger partial charge in [0, 0.05) is 13.1 Å². The van der Waals surface area contributed by atoms with E-state index in [0.717, 1.165) is 19.6 Å². The van der Waals surface area contributed by atoms with Crippen molar-refractivity contribution in [1.29, 1.82) is 0 Å². The molecule has 0 aromatic heterocycles. The van der Waals surface area contributed by atoms with Gasteiger partial charge in [-0.15, -0.1) is 0 Å². The molecule has 1 rings (SSSR count). The van der Waals surface area contributed by atoms with Gasteiger partial charge < -0.3 is 15.3 Å². The van der Waals surface area contributed by atoms with Gasteiger partial charge in [-0.1, -0.05) is 13.8 Å². The Morgan fingerprint density at radius 3 is 2.38 bits per heavy atom. The molecule has 0 heterocycles. The average Bonchev–Trinajstić information content (AvgIpc) is 3.04. The van der Waals surface area contributed by atoms with Crippen molar-refractivity contribution in [3.8, 4) is 0 Å². The summed E-state index contributed by atoms with van der Waals surface area (Å²) in [7, 11) is 0. The second kappa shape index (κ2) is 5.84. The maximum absolute atomic E-state index is 11.5. The maximum Gasteiger partial charge on any atom is 0.307 e. The minimum atomic E-state index is -0.858. The van der Waals surface area contributed by atoms with Crippen molar-refractivity contribution in [3.63, 3.8) is 0 Å². The lowest BCUT2D eigenvalue weighted by molar-refractivity contribution is -0.140. The molecule has 1 amide bonds. The van der Waals surface area contributed by atoms with Crippen LogP contribution in [-0.2, 0) is 9.59 Å². The number of nitrogens with one attached hydrogen (secondary N) is 1. The monoisotopic (exact) mass is 228 g/mol. The van der Waals surface area contributed by atoms with Gasteiger partial charge in [0.1, 0.15) is 0 Å². The topological polar surface area (TPSA) is 69.6 Å². The van der Waals surface area contributed by atoms with Crippen molar-refractivity contribution in [2.24, 2.45) is 11.8 Å². The van der Waals surface area contributed by atoms with Crippen molar-refractivity contribution in [1.82, 2.24) is 10.2 Å². The zero-order valence-corrected chi connectivity index (χ0v) is 9.90. The number of carboxylic acids is 1. The highest BCUT2D eigenvalue weighted by atomic mass is 16.4. The fraction of sp³-hybridized carbons (Fsp3) is 0.818. The number of likely N-dealkylation sites (N-methyl/N-ethyl adjacent to an activating group) is 1. The van der Waals surface area contributed by atoms with Crippen molar-refractivity contribution < 1.29 is 14.7 Å². The minimum Gasteiger partial charge on any atom is -0.481 e. The van der Waals surface area contributed by atoms with Crippen molar-refractivity contribution >= 4 is 11.9 Å². The van der Waals surface area contributed by atoms with Crippen LogP contribution in [0.4, 0.5) is 0 Å². The average molecular weight is 228 g/mol. The Morgan fingerprint density at radius 2 is 1.94 bits per heavy atom. The lowest BCUT2D eigenvalue weighted by Gasteiger charge is -2.17. The molecule has 2 atom stereocenters. The fourth-order valence-electron chi connectivity index (χ4n) is 1.77. The summed E-state index contributed by atoms with van der Waals surface area (Å²) >= 11 is 0. The summed E-state index contributed by atoms with van der Waals surface area (Å²) in [6, 6.07) is 0. The number of nitrogens with zero attached hydrogens (tertiary/aromatic N) is 1. The van der Waals surface area contributed by atoms with Gasteiger partial charge >= 0.3 is 5.97 Å². The zero-order chi connectivity index (χ0) is 12.1. The summed E-state index contributed by atoms with van der Waals surface area (Å²) in [5.74, 6) is -1.72. The Bertz CT molecular complexity index is 264. The zero-order valence-electron chi connectivity index (χ0n) is 9.90. The quantitative estimate of drug-likeness (QED) is 0.651. The number of aliphatic carboxylic acids is 1. The highest BCUT2D eigenvalue weighted by molar-refractivity contribution is 5.89. The Labute approximate surface area is 95.8 Å². The second-order valence-corrected chi connectivity index (χ2v) is 4.10. The lowest BCUT2D eigenvalue weighted by Crippen LogP contribution is -2.35. The van der Waals surface area contributed by atoms with Crippen LogP contribution in [0.2, 0.25) is 0 Å². The van der Waals surface area contributed by atoms with E-state index in [4.69, 9.17) is 5.11 Å². The first-order valence-electron chi connectivity index (χ1n) is 5.83. The van der Waals surface area contributed by atoms with Gasteiger partial charge in [-0.05, 0) is 19.5 Å². The van der Waals surface area contributed by atoms with Crippen LogP contribution in [0.15, 0.2) is 0 Å². The van der Waals surface area contributed by atoms with E-state index in [0.29, 0.717) is 13.0 Å². The molecule has 0 saturated heterocycles. The number of hydrogen-bond donors (Lipinski definition) is 2. The van der Waals surface area contributed by atoms with E-state index in [1.807, 2.05) is 0 Å². The smallest absolute Gasteiger partial charge is 0.307 e. The van der Waals surface area contributed by atoms with Gasteiger partial charge in [-0.2, -0.15) is 0 Å². The predicted molar refractivity (Wildman–Crippen MR) is 60.0 cm³/mol. The largest absolute Gasteiger partial charge is 0.481 e. The fourth-order valence-corrected chi connectivity index (χ4v) is 1.77. The molecule has 92 valence electrons. The standard InChI is InChI=1S/C11H20N2O3/c1-3-13(4-2)6-5-12-10(14)8-7-9(8)11(15)16/h8-9H,3-7H2,1-2H3,(H,12,14)(H,15,16). The van der Waals surface area contributed by atoms with Gasteiger partial charge in [0.05, 0.1) is 11.8 Å². The third-order valence-corrected chi connectivity index (χ3v) is 3.07. The number of carbonyl (C=O) groups excluding carboxylic acids is 1. The first-order valence-corrected chi connectivity index (χ1v) is 5.83. The van der Waals surface area contributed by atoms with Crippen LogP contribution >= 0.6 is 0 Å². The normalized spacial score (nSPS) is 23.2. The molecule has 0 aliphatic heterocycles. The van der Waals surface area contributed by atoms with Crippen LogP contribution in [0.1, 0.15) is 20.3 Å². The van der Waals surface area contributed by atoms with Gasteiger partial charge in [0.2, 0.25) is 5.91 Å². The number of rotatable bonds is 7. The first-order chi connectivity index (χ1) is 7.60. The molecule has 1 saturated carbocycles. The van der Waals surface area contributed by atoms with E-state index in [-0.39, 0.29) is 11.8 Å². The highest BCUT2D eigenvalue weighted by Crippen LogP contribution is 2.38. The van der Waals surface area contributed by atoms with Crippen molar-refractivity contribution in [2.75, 3.05) is 26.2 Å². The third-order valence-electron chi connectivity index (χ3n) is 3.07. The van der Waals surface area contributed by atoms with Crippen molar-refractivity contribution in [2.45, 2.75) is 20.3 Å². The number of carbonyl (C=O) groups is 2. The molecule has 0 aromatic rings. The summed E-state index contributed by atoms with van der Waals surface area (Å²) in [5, 5.41) is 11.5. The molecule has 1 aliphatic carbocycles. The third kappa shape index (κ3) is 3.48. The molecular weight excluding hydrogens is 208 g/mol. The Kier molecular flexibility index (Phi) is 4.73. The van der Waals surface area contributed by atoms with Gasteiger partial charge in [0.15, 0.2) is 0 Å². The molecule has 2 unspecified atom stereocenters. The molecule has 0 bridgehead atoms. The SMILES string of the molecule is CCN(CC)CCNC(=O)C1CC1C(=O)O. The van der Waals surface area contributed by atoms with Gasteiger partial charge in [-0.3, -0.25) is 9.59 Å². The molecule has 2 N–H and O–H groups in total. The summed E-state index contributed by atoms with van der Waals surface area (Å²) in [6.07, 6.45) is 0.492.